The summed E-state index contributed by atoms with van der Waals surface area (Å²) in [4.78, 5) is 27.5. The Balaban J connectivity index is 2.17. The zero-order chi connectivity index (χ0) is 13.0. The lowest BCUT2D eigenvalue weighted by Crippen LogP contribution is -2.31. The maximum Gasteiger partial charge on any atom is 0.270 e. The number of carbonyl (C=O) groups excluding carboxylic acids is 1. The average molecular weight is 246 g/mol. The van der Waals surface area contributed by atoms with Crippen molar-refractivity contribution in [2.45, 2.75) is 13.5 Å². The summed E-state index contributed by atoms with van der Waals surface area (Å²) < 4.78 is 5.21. The molecule has 0 saturated carbocycles. The molecule has 18 heavy (non-hydrogen) atoms. The summed E-state index contributed by atoms with van der Waals surface area (Å²) >= 11 is 0. The van der Waals surface area contributed by atoms with Gasteiger partial charge in [0.2, 0.25) is 5.56 Å². The number of hydrogen-bond donors (Lipinski definition) is 1. The molecule has 0 aromatic carbocycles. The van der Waals surface area contributed by atoms with Crippen LogP contribution in [0.1, 0.15) is 23.2 Å². The molecule has 0 saturated heterocycles. The molecule has 0 unspecified atom stereocenters. The summed E-state index contributed by atoms with van der Waals surface area (Å²) in [6, 6.07) is 8.11. The topological polar surface area (TPSA) is 66.3 Å². The summed E-state index contributed by atoms with van der Waals surface area (Å²) in [5, 5.41) is 0. The minimum atomic E-state index is -0.282. The highest BCUT2D eigenvalue weighted by Gasteiger charge is 2.16. The number of rotatable bonds is 4. The fourth-order valence-corrected chi connectivity index (χ4v) is 1.66. The predicted octanol–water partition coefficient (Wildman–Crippen LogP) is 1.63. The maximum absolute atomic E-state index is 12.2. The van der Waals surface area contributed by atoms with E-state index in [1.165, 1.54) is 6.07 Å². The van der Waals surface area contributed by atoms with Gasteiger partial charge < -0.3 is 14.3 Å². The van der Waals surface area contributed by atoms with Gasteiger partial charge >= 0.3 is 0 Å². The van der Waals surface area contributed by atoms with Gasteiger partial charge in [0.05, 0.1) is 12.8 Å². The van der Waals surface area contributed by atoms with Crippen molar-refractivity contribution < 1.29 is 9.21 Å². The first-order valence-corrected chi connectivity index (χ1v) is 5.71. The van der Waals surface area contributed by atoms with Crippen molar-refractivity contribution in [1.82, 2.24) is 9.88 Å². The molecular formula is C13H14N2O3. The van der Waals surface area contributed by atoms with Crippen molar-refractivity contribution in [1.29, 1.82) is 0 Å². The normalized spacial score (nSPS) is 10.3. The lowest BCUT2D eigenvalue weighted by Gasteiger charge is -2.19. The molecule has 0 aliphatic rings. The largest absolute Gasteiger partial charge is 0.467 e. The molecule has 0 radical (unpaired) electrons. The van der Waals surface area contributed by atoms with E-state index in [4.69, 9.17) is 4.42 Å². The van der Waals surface area contributed by atoms with Crippen LogP contribution in [-0.2, 0) is 6.54 Å². The molecule has 2 heterocycles. The van der Waals surface area contributed by atoms with Gasteiger partial charge in [-0.2, -0.15) is 0 Å². The van der Waals surface area contributed by atoms with Crippen LogP contribution in [-0.4, -0.2) is 22.3 Å². The average Bonchev–Trinajstić information content (AvgIpc) is 2.88. The second-order valence-corrected chi connectivity index (χ2v) is 3.83. The standard InChI is InChI=1S/C13H14N2O3/c1-2-15(9-10-5-4-8-18-10)13(17)11-6-3-7-12(16)14-11/h3-8H,2,9H2,1H3,(H,14,16). The first-order valence-electron chi connectivity index (χ1n) is 5.71. The quantitative estimate of drug-likeness (QED) is 0.891. The molecule has 0 aliphatic heterocycles. The zero-order valence-corrected chi connectivity index (χ0v) is 10.1. The fourth-order valence-electron chi connectivity index (χ4n) is 1.66. The zero-order valence-electron chi connectivity index (χ0n) is 10.1. The van der Waals surface area contributed by atoms with Gasteiger partial charge in [-0.1, -0.05) is 6.07 Å². The molecule has 0 fully saturated rings. The number of nitrogens with zero attached hydrogens (tertiary/aromatic N) is 1. The van der Waals surface area contributed by atoms with Crippen molar-refractivity contribution in [3.05, 3.63) is 58.4 Å². The van der Waals surface area contributed by atoms with Gasteiger partial charge in [0.15, 0.2) is 0 Å². The third-order valence-corrected chi connectivity index (χ3v) is 2.59. The second kappa shape index (κ2) is 5.35. The number of aromatic amines is 1. The van der Waals surface area contributed by atoms with Gasteiger partial charge in [0.1, 0.15) is 11.5 Å². The monoisotopic (exact) mass is 246 g/mol. The number of H-pyrrole nitrogens is 1. The molecule has 2 rings (SSSR count). The van der Waals surface area contributed by atoms with Gasteiger partial charge in [-0.25, -0.2) is 0 Å². The summed E-state index contributed by atoms with van der Waals surface area (Å²) in [7, 11) is 0. The SMILES string of the molecule is CCN(Cc1ccco1)C(=O)c1cccc(=O)[nH]1. The molecule has 5 heteroatoms. The van der Waals surface area contributed by atoms with Crippen molar-refractivity contribution in [2.24, 2.45) is 0 Å². The van der Waals surface area contributed by atoms with Crippen LogP contribution >= 0.6 is 0 Å². The van der Waals surface area contributed by atoms with Crippen molar-refractivity contribution in [2.75, 3.05) is 6.54 Å². The van der Waals surface area contributed by atoms with Crippen LogP contribution in [0.15, 0.2) is 45.8 Å². The highest BCUT2D eigenvalue weighted by Crippen LogP contribution is 2.08. The Hall–Kier alpha value is -2.30. The second-order valence-electron chi connectivity index (χ2n) is 3.83. The van der Waals surface area contributed by atoms with E-state index >= 15 is 0 Å². The van der Waals surface area contributed by atoms with Crippen molar-refractivity contribution >= 4 is 5.91 Å². The number of aromatic nitrogens is 1. The fraction of sp³-hybridized carbons (Fsp3) is 0.231. The third kappa shape index (κ3) is 2.68. The lowest BCUT2D eigenvalue weighted by atomic mass is 10.3. The molecular weight excluding hydrogens is 232 g/mol. The first-order chi connectivity index (χ1) is 8.70. The van der Waals surface area contributed by atoms with Gasteiger partial charge in [-0.3, -0.25) is 9.59 Å². The van der Waals surface area contributed by atoms with Crippen LogP contribution in [0.3, 0.4) is 0 Å². The van der Waals surface area contributed by atoms with Crippen LogP contribution in [0.5, 0.6) is 0 Å². The van der Waals surface area contributed by atoms with Crippen molar-refractivity contribution in [3.63, 3.8) is 0 Å². The van der Waals surface area contributed by atoms with Crippen molar-refractivity contribution in [3.8, 4) is 0 Å². The molecule has 0 spiro atoms. The number of carbonyl (C=O) groups is 1. The Kier molecular flexibility index (Phi) is 3.62. The Labute approximate surface area is 104 Å². The van der Waals surface area contributed by atoms with Crippen LogP contribution < -0.4 is 5.56 Å². The highest BCUT2D eigenvalue weighted by atomic mass is 16.3. The predicted molar refractivity (Wildman–Crippen MR) is 66.2 cm³/mol. The summed E-state index contributed by atoms with van der Waals surface area (Å²) in [6.45, 7) is 2.80. The first kappa shape index (κ1) is 12.2. The molecule has 1 amide bonds. The van der Waals surface area contributed by atoms with E-state index in [1.54, 1.807) is 29.4 Å². The van der Waals surface area contributed by atoms with E-state index in [9.17, 15) is 9.59 Å². The van der Waals surface area contributed by atoms with Gasteiger partial charge in [-0.15, -0.1) is 0 Å². The van der Waals surface area contributed by atoms with E-state index < -0.39 is 0 Å². The van der Waals surface area contributed by atoms with Gasteiger partial charge in [-0.05, 0) is 25.1 Å². The molecule has 1 N–H and O–H groups in total. The third-order valence-electron chi connectivity index (χ3n) is 2.59. The smallest absolute Gasteiger partial charge is 0.270 e. The van der Waals surface area contributed by atoms with E-state index in [0.29, 0.717) is 18.8 Å². The summed E-state index contributed by atoms with van der Waals surface area (Å²) in [5.74, 6) is 0.495. The molecule has 2 aromatic rings. The number of amides is 1. The number of furan rings is 1. The number of hydrogen-bond acceptors (Lipinski definition) is 3. The van der Waals surface area contributed by atoms with E-state index in [1.807, 2.05) is 13.0 Å². The molecule has 0 bridgehead atoms. The number of nitrogens with one attached hydrogen (secondary N) is 1. The van der Waals surface area contributed by atoms with Crippen LogP contribution in [0, 0.1) is 0 Å². The summed E-state index contributed by atoms with van der Waals surface area (Å²) in [6.07, 6.45) is 1.57. The Morgan fingerprint density at radius 1 is 1.33 bits per heavy atom. The molecule has 5 nitrogen and oxygen atoms in total. The van der Waals surface area contributed by atoms with E-state index in [2.05, 4.69) is 4.98 Å². The van der Waals surface area contributed by atoms with Gasteiger partial charge in [0, 0.05) is 12.6 Å². The Morgan fingerprint density at radius 3 is 2.78 bits per heavy atom. The molecule has 94 valence electrons. The van der Waals surface area contributed by atoms with Crippen LogP contribution in [0.4, 0.5) is 0 Å². The minimum Gasteiger partial charge on any atom is -0.467 e. The molecule has 0 aliphatic carbocycles. The minimum absolute atomic E-state index is 0.216. The van der Waals surface area contributed by atoms with E-state index in [0.717, 1.165) is 0 Å². The Bertz CT molecular complexity index is 572. The van der Waals surface area contributed by atoms with Crippen LogP contribution in [0.25, 0.3) is 0 Å². The highest BCUT2D eigenvalue weighted by molar-refractivity contribution is 5.92. The summed E-state index contributed by atoms with van der Waals surface area (Å²) in [5.41, 5.74) is 0.00538. The van der Waals surface area contributed by atoms with Gasteiger partial charge in [0.25, 0.3) is 5.91 Å². The lowest BCUT2D eigenvalue weighted by molar-refractivity contribution is 0.0735. The number of pyridine rings is 1. The maximum atomic E-state index is 12.2. The van der Waals surface area contributed by atoms with Crippen LogP contribution in [0.2, 0.25) is 0 Å². The molecule has 2 aromatic heterocycles. The molecule has 0 atom stereocenters. The van der Waals surface area contributed by atoms with E-state index in [-0.39, 0.29) is 17.2 Å². The Morgan fingerprint density at radius 2 is 2.17 bits per heavy atom.